The summed E-state index contributed by atoms with van der Waals surface area (Å²) in [6, 6.07) is 11.2. The van der Waals surface area contributed by atoms with Gasteiger partial charge in [-0.3, -0.25) is 4.79 Å². The summed E-state index contributed by atoms with van der Waals surface area (Å²) >= 11 is 1.11. The van der Waals surface area contributed by atoms with Crippen LogP contribution in [0.5, 0.6) is 5.75 Å². The third kappa shape index (κ3) is 4.27. The fraction of sp³-hybridized carbons (Fsp3) is 0.263. The van der Waals surface area contributed by atoms with Crippen LogP contribution in [0.2, 0.25) is 0 Å². The molecule has 6 nitrogen and oxygen atoms in total. The standard InChI is InChI=1S/C19H16F2N2O4S2/c20-12-6-7-15(14(21)8-12)23-16-10-29(25,26)11-17(16)28-19(23)22-18(24)9-27-13-4-2-1-3-5-13/h1-8,16-17H,9-11H2/t16-,17-/m1/s1. The van der Waals surface area contributed by atoms with E-state index >= 15 is 0 Å². The minimum absolute atomic E-state index is 0.0148. The first-order valence-corrected chi connectivity index (χ1v) is 11.4. The molecule has 152 valence electrons. The Balaban J connectivity index is 1.60. The second-order valence-corrected chi connectivity index (χ2v) is 10.0. The number of sulfone groups is 1. The zero-order chi connectivity index (χ0) is 20.6. The molecule has 0 aliphatic carbocycles. The van der Waals surface area contributed by atoms with E-state index in [1.165, 1.54) is 11.0 Å². The molecule has 0 unspecified atom stereocenters. The number of amides is 1. The summed E-state index contributed by atoms with van der Waals surface area (Å²) in [4.78, 5) is 17.7. The molecule has 0 saturated carbocycles. The number of amidine groups is 1. The third-order valence-corrected chi connectivity index (χ3v) is 7.77. The van der Waals surface area contributed by atoms with E-state index in [4.69, 9.17) is 4.74 Å². The summed E-state index contributed by atoms with van der Waals surface area (Å²) in [6.45, 7) is -0.318. The molecule has 0 N–H and O–H groups in total. The van der Waals surface area contributed by atoms with Gasteiger partial charge in [0.15, 0.2) is 21.6 Å². The highest BCUT2D eigenvalue weighted by atomic mass is 32.2. The summed E-state index contributed by atoms with van der Waals surface area (Å²) in [6.07, 6.45) is 0. The number of ether oxygens (including phenoxy) is 1. The molecule has 2 heterocycles. The number of benzene rings is 2. The van der Waals surface area contributed by atoms with E-state index in [9.17, 15) is 22.0 Å². The molecule has 2 fully saturated rings. The lowest BCUT2D eigenvalue weighted by Crippen LogP contribution is -2.38. The highest BCUT2D eigenvalue weighted by Crippen LogP contribution is 2.41. The quantitative estimate of drug-likeness (QED) is 0.731. The zero-order valence-corrected chi connectivity index (χ0v) is 16.6. The van der Waals surface area contributed by atoms with Crippen LogP contribution in [0.15, 0.2) is 53.5 Å². The van der Waals surface area contributed by atoms with Crippen LogP contribution >= 0.6 is 11.8 Å². The van der Waals surface area contributed by atoms with Gasteiger partial charge in [-0.1, -0.05) is 30.0 Å². The molecule has 10 heteroatoms. The van der Waals surface area contributed by atoms with Crippen molar-refractivity contribution in [3.8, 4) is 5.75 Å². The highest BCUT2D eigenvalue weighted by molar-refractivity contribution is 8.16. The second-order valence-electron chi connectivity index (χ2n) is 6.66. The van der Waals surface area contributed by atoms with E-state index in [0.717, 1.165) is 17.8 Å². The fourth-order valence-electron chi connectivity index (χ4n) is 3.32. The molecule has 1 amide bonds. The Morgan fingerprint density at radius 2 is 1.93 bits per heavy atom. The Morgan fingerprint density at radius 1 is 1.17 bits per heavy atom. The van der Waals surface area contributed by atoms with Crippen LogP contribution in [0.25, 0.3) is 0 Å². The molecule has 29 heavy (non-hydrogen) atoms. The lowest BCUT2D eigenvalue weighted by molar-refractivity contribution is -0.119. The summed E-state index contributed by atoms with van der Waals surface area (Å²) in [7, 11) is -3.29. The predicted molar refractivity (Wildman–Crippen MR) is 107 cm³/mol. The molecule has 0 spiro atoms. The van der Waals surface area contributed by atoms with E-state index < -0.39 is 33.4 Å². The summed E-state index contributed by atoms with van der Waals surface area (Å²) in [5, 5.41) is -0.201. The molecule has 4 rings (SSSR count). The van der Waals surface area contributed by atoms with Crippen molar-refractivity contribution in [2.24, 2.45) is 4.99 Å². The highest BCUT2D eigenvalue weighted by Gasteiger charge is 2.50. The van der Waals surface area contributed by atoms with Gasteiger partial charge in [0, 0.05) is 11.3 Å². The molecule has 0 aromatic heterocycles. The largest absolute Gasteiger partial charge is 0.484 e. The molecule has 2 saturated heterocycles. The average molecular weight is 438 g/mol. The summed E-state index contributed by atoms with van der Waals surface area (Å²) < 4.78 is 57.2. The van der Waals surface area contributed by atoms with Crippen molar-refractivity contribution in [2.45, 2.75) is 11.3 Å². The maximum atomic E-state index is 14.4. The first kappa shape index (κ1) is 19.8. The number of anilines is 1. The molecule has 2 aliphatic heterocycles. The zero-order valence-electron chi connectivity index (χ0n) is 15.0. The molecule has 0 radical (unpaired) electrons. The van der Waals surface area contributed by atoms with Gasteiger partial charge >= 0.3 is 0 Å². The Hall–Kier alpha value is -2.46. The van der Waals surface area contributed by atoms with E-state index in [0.29, 0.717) is 11.8 Å². The van der Waals surface area contributed by atoms with Gasteiger partial charge in [-0.2, -0.15) is 4.99 Å². The predicted octanol–water partition coefficient (Wildman–Crippen LogP) is 2.65. The van der Waals surface area contributed by atoms with Crippen LogP contribution in [-0.2, 0) is 14.6 Å². The minimum atomic E-state index is -3.29. The lowest BCUT2D eigenvalue weighted by Gasteiger charge is -2.24. The number of carbonyl (C=O) groups excluding carboxylic acids is 1. The molecule has 0 bridgehead atoms. The van der Waals surface area contributed by atoms with Crippen molar-refractivity contribution < 1.29 is 26.7 Å². The van der Waals surface area contributed by atoms with E-state index in [2.05, 4.69) is 4.99 Å². The van der Waals surface area contributed by atoms with E-state index in [-0.39, 0.29) is 34.2 Å². The van der Waals surface area contributed by atoms with Crippen molar-refractivity contribution in [3.63, 3.8) is 0 Å². The van der Waals surface area contributed by atoms with Crippen LogP contribution in [-0.4, -0.2) is 48.9 Å². The summed E-state index contributed by atoms with van der Waals surface area (Å²) in [5.41, 5.74) is -0.0148. The lowest BCUT2D eigenvalue weighted by atomic mass is 10.2. The Bertz CT molecular complexity index is 1080. The van der Waals surface area contributed by atoms with Crippen LogP contribution in [0.4, 0.5) is 14.5 Å². The van der Waals surface area contributed by atoms with Crippen LogP contribution in [0, 0.1) is 11.6 Å². The van der Waals surface area contributed by atoms with Gasteiger partial charge in [0.1, 0.15) is 17.4 Å². The van der Waals surface area contributed by atoms with Gasteiger partial charge in [0.25, 0.3) is 5.91 Å². The number of thioether (sulfide) groups is 1. The van der Waals surface area contributed by atoms with Crippen molar-refractivity contribution in [3.05, 3.63) is 60.2 Å². The Kier molecular flexibility index (Phi) is 5.30. The number of carbonyl (C=O) groups is 1. The van der Waals surface area contributed by atoms with Gasteiger partial charge in [0.05, 0.1) is 23.2 Å². The normalized spacial score (nSPS) is 23.9. The maximum absolute atomic E-state index is 14.4. The molecule has 2 atom stereocenters. The number of para-hydroxylation sites is 1. The smallest absolute Gasteiger partial charge is 0.285 e. The number of aliphatic imine (C=N–C) groups is 1. The second kappa shape index (κ2) is 7.75. The Labute approximate surface area is 170 Å². The average Bonchev–Trinajstić information content (AvgIpc) is 3.12. The first-order valence-electron chi connectivity index (χ1n) is 8.73. The van der Waals surface area contributed by atoms with Gasteiger partial charge in [-0.15, -0.1) is 0 Å². The Morgan fingerprint density at radius 3 is 2.66 bits per heavy atom. The first-order chi connectivity index (χ1) is 13.8. The van der Waals surface area contributed by atoms with E-state index in [1.807, 2.05) is 6.07 Å². The van der Waals surface area contributed by atoms with Gasteiger partial charge in [-0.25, -0.2) is 17.2 Å². The van der Waals surface area contributed by atoms with Crippen LogP contribution in [0.3, 0.4) is 0 Å². The third-order valence-electron chi connectivity index (χ3n) is 4.56. The monoisotopic (exact) mass is 438 g/mol. The van der Waals surface area contributed by atoms with Gasteiger partial charge in [-0.05, 0) is 24.3 Å². The molecular weight excluding hydrogens is 422 g/mol. The van der Waals surface area contributed by atoms with Gasteiger partial charge in [0.2, 0.25) is 0 Å². The van der Waals surface area contributed by atoms with Crippen molar-refractivity contribution in [1.29, 1.82) is 0 Å². The molecule has 2 aliphatic rings. The molecule has 2 aromatic carbocycles. The van der Waals surface area contributed by atoms with Crippen LogP contribution in [0.1, 0.15) is 0 Å². The minimum Gasteiger partial charge on any atom is -0.484 e. The van der Waals surface area contributed by atoms with Crippen molar-refractivity contribution in [1.82, 2.24) is 0 Å². The van der Waals surface area contributed by atoms with Gasteiger partial charge < -0.3 is 9.64 Å². The maximum Gasteiger partial charge on any atom is 0.285 e. The summed E-state index contributed by atoms with van der Waals surface area (Å²) in [5.74, 6) is -1.96. The fourth-order valence-corrected chi connectivity index (χ4v) is 7.25. The number of hydrogen-bond acceptors (Lipinski definition) is 5. The van der Waals surface area contributed by atoms with Crippen molar-refractivity contribution in [2.75, 3.05) is 23.0 Å². The number of fused-ring (bicyclic) bond motifs is 1. The number of rotatable bonds is 4. The molecule has 2 aromatic rings. The number of halogens is 2. The molecular formula is C19H16F2N2O4S2. The van der Waals surface area contributed by atoms with Crippen LogP contribution < -0.4 is 9.64 Å². The number of hydrogen-bond donors (Lipinski definition) is 0. The number of nitrogens with zero attached hydrogens (tertiary/aromatic N) is 2. The SMILES string of the molecule is O=C(COc1ccccc1)N=C1S[C@@H]2CS(=O)(=O)C[C@H]2N1c1ccc(F)cc1F. The topological polar surface area (TPSA) is 76.0 Å². The van der Waals surface area contributed by atoms with Crippen molar-refractivity contribution >= 4 is 38.4 Å². The van der Waals surface area contributed by atoms with E-state index in [1.54, 1.807) is 24.3 Å².